The third-order valence-electron chi connectivity index (χ3n) is 4.82. The number of rotatable bonds is 5. The Morgan fingerprint density at radius 3 is 2.85 bits per heavy atom. The van der Waals surface area contributed by atoms with Gasteiger partial charge in [0.15, 0.2) is 11.5 Å². The standard InChI is InChI=1S/C20H21N5O/c21-11-18-20(23-19-7-3-4-9-25(18)19)22-12-17(26)14-24-10-8-15-5-1-2-6-16(15)13-24/h1-7,9,17,22,26H,8,10,12-14H2/t17-/m0/s1. The van der Waals surface area contributed by atoms with Gasteiger partial charge in [0.05, 0.1) is 6.10 Å². The summed E-state index contributed by atoms with van der Waals surface area (Å²) in [5.74, 6) is 0.515. The zero-order valence-electron chi connectivity index (χ0n) is 14.5. The third-order valence-corrected chi connectivity index (χ3v) is 4.82. The zero-order valence-corrected chi connectivity index (χ0v) is 14.5. The molecule has 0 unspecified atom stereocenters. The summed E-state index contributed by atoms with van der Waals surface area (Å²) in [5, 5.41) is 23.0. The van der Waals surface area contributed by atoms with E-state index in [9.17, 15) is 10.4 Å². The molecule has 0 spiro atoms. The summed E-state index contributed by atoms with van der Waals surface area (Å²) in [5.41, 5.74) is 3.92. The van der Waals surface area contributed by atoms with E-state index in [1.807, 2.05) is 24.4 Å². The van der Waals surface area contributed by atoms with Gasteiger partial charge in [-0.3, -0.25) is 9.30 Å². The SMILES string of the molecule is N#Cc1c(NC[C@H](O)CN2CCc3ccccc3C2)nc2ccccn12. The first-order chi connectivity index (χ1) is 12.7. The maximum Gasteiger partial charge on any atom is 0.168 e. The van der Waals surface area contributed by atoms with E-state index < -0.39 is 6.10 Å². The molecule has 4 rings (SSSR count). The smallest absolute Gasteiger partial charge is 0.168 e. The lowest BCUT2D eigenvalue weighted by molar-refractivity contribution is 0.114. The summed E-state index contributed by atoms with van der Waals surface area (Å²) in [4.78, 5) is 6.70. The molecule has 2 aromatic heterocycles. The minimum Gasteiger partial charge on any atom is -0.390 e. The molecule has 0 fully saturated rings. The maximum atomic E-state index is 10.4. The topological polar surface area (TPSA) is 76.6 Å². The van der Waals surface area contributed by atoms with Crippen molar-refractivity contribution in [2.75, 3.05) is 25.0 Å². The predicted molar refractivity (Wildman–Crippen MR) is 99.8 cm³/mol. The fourth-order valence-corrected chi connectivity index (χ4v) is 3.51. The Kier molecular flexibility index (Phi) is 4.57. The van der Waals surface area contributed by atoms with Crippen molar-refractivity contribution in [3.8, 4) is 6.07 Å². The molecule has 26 heavy (non-hydrogen) atoms. The molecule has 1 aliphatic rings. The van der Waals surface area contributed by atoms with Gasteiger partial charge in [0.2, 0.25) is 0 Å². The summed E-state index contributed by atoms with van der Waals surface area (Å²) in [6, 6.07) is 16.3. The van der Waals surface area contributed by atoms with Crippen LogP contribution >= 0.6 is 0 Å². The lowest BCUT2D eigenvalue weighted by Crippen LogP contribution is -2.39. The van der Waals surface area contributed by atoms with Crippen LogP contribution in [0, 0.1) is 11.3 Å². The van der Waals surface area contributed by atoms with E-state index in [1.165, 1.54) is 11.1 Å². The quantitative estimate of drug-likeness (QED) is 0.739. The molecule has 0 amide bonds. The number of imidazole rings is 1. The molecule has 1 aromatic carbocycles. The van der Waals surface area contributed by atoms with Crippen LogP contribution in [-0.2, 0) is 13.0 Å². The maximum absolute atomic E-state index is 10.4. The molecular formula is C20H21N5O. The molecule has 0 saturated heterocycles. The van der Waals surface area contributed by atoms with Crippen molar-refractivity contribution in [1.82, 2.24) is 14.3 Å². The second-order valence-electron chi connectivity index (χ2n) is 6.64. The molecule has 0 saturated carbocycles. The fraction of sp³-hybridized carbons (Fsp3) is 0.300. The van der Waals surface area contributed by atoms with Crippen molar-refractivity contribution in [3.05, 3.63) is 65.5 Å². The Hall–Kier alpha value is -2.88. The molecule has 6 heteroatoms. The number of pyridine rings is 1. The minimum atomic E-state index is -0.531. The van der Waals surface area contributed by atoms with Crippen molar-refractivity contribution in [1.29, 1.82) is 5.26 Å². The van der Waals surface area contributed by atoms with Crippen LogP contribution in [0.1, 0.15) is 16.8 Å². The third kappa shape index (κ3) is 3.27. The Bertz CT molecular complexity index is 958. The molecule has 0 aliphatic carbocycles. The van der Waals surface area contributed by atoms with Crippen molar-refractivity contribution >= 4 is 11.5 Å². The first kappa shape index (κ1) is 16.6. The van der Waals surface area contributed by atoms with Gasteiger partial charge in [0.1, 0.15) is 11.7 Å². The van der Waals surface area contributed by atoms with E-state index in [0.717, 1.165) is 19.5 Å². The highest BCUT2D eigenvalue weighted by atomic mass is 16.3. The number of fused-ring (bicyclic) bond motifs is 2. The average Bonchev–Trinajstić information content (AvgIpc) is 3.04. The van der Waals surface area contributed by atoms with Crippen molar-refractivity contribution < 1.29 is 5.11 Å². The fourth-order valence-electron chi connectivity index (χ4n) is 3.51. The number of benzene rings is 1. The molecule has 3 heterocycles. The number of aromatic nitrogens is 2. The first-order valence-electron chi connectivity index (χ1n) is 8.83. The predicted octanol–water partition coefficient (Wildman–Crippen LogP) is 2.04. The monoisotopic (exact) mass is 347 g/mol. The number of anilines is 1. The van der Waals surface area contributed by atoms with Gasteiger partial charge in [-0.25, -0.2) is 4.98 Å². The number of nitrogens with zero attached hydrogens (tertiary/aromatic N) is 4. The first-order valence-corrected chi connectivity index (χ1v) is 8.83. The highest BCUT2D eigenvalue weighted by Gasteiger charge is 2.19. The lowest BCUT2D eigenvalue weighted by atomic mass is 10.00. The summed E-state index contributed by atoms with van der Waals surface area (Å²) >= 11 is 0. The highest BCUT2D eigenvalue weighted by molar-refractivity contribution is 5.58. The molecular weight excluding hydrogens is 326 g/mol. The van der Waals surface area contributed by atoms with E-state index >= 15 is 0 Å². The molecule has 1 atom stereocenters. The van der Waals surface area contributed by atoms with Crippen LogP contribution in [0.2, 0.25) is 0 Å². The van der Waals surface area contributed by atoms with Crippen molar-refractivity contribution in [3.63, 3.8) is 0 Å². The van der Waals surface area contributed by atoms with Crippen LogP contribution in [0.15, 0.2) is 48.7 Å². The van der Waals surface area contributed by atoms with E-state index in [-0.39, 0.29) is 0 Å². The number of aliphatic hydroxyl groups excluding tert-OH is 1. The van der Waals surface area contributed by atoms with Gasteiger partial charge in [0, 0.05) is 32.4 Å². The molecule has 6 nitrogen and oxygen atoms in total. The van der Waals surface area contributed by atoms with Crippen LogP contribution in [0.5, 0.6) is 0 Å². The molecule has 2 N–H and O–H groups in total. The normalized spacial score (nSPS) is 15.4. The van der Waals surface area contributed by atoms with Gasteiger partial charge >= 0.3 is 0 Å². The van der Waals surface area contributed by atoms with Gasteiger partial charge in [-0.2, -0.15) is 5.26 Å². The second kappa shape index (κ2) is 7.16. The van der Waals surface area contributed by atoms with Crippen LogP contribution in [-0.4, -0.2) is 45.1 Å². The van der Waals surface area contributed by atoms with E-state index in [1.54, 1.807) is 4.40 Å². The Balaban J connectivity index is 1.38. The van der Waals surface area contributed by atoms with Gasteiger partial charge in [-0.15, -0.1) is 0 Å². The van der Waals surface area contributed by atoms with Crippen LogP contribution < -0.4 is 5.32 Å². The highest BCUT2D eigenvalue weighted by Crippen LogP contribution is 2.19. The molecule has 3 aromatic rings. The Morgan fingerprint density at radius 1 is 1.19 bits per heavy atom. The second-order valence-corrected chi connectivity index (χ2v) is 6.64. The zero-order chi connectivity index (χ0) is 17.9. The van der Waals surface area contributed by atoms with Gasteiger partial charge in [-0.1, -0.05) is 30.3 Å². The molecule has 0 radical (unpaired) electrons. The Morgan fingerprint density at radius 2 is 2.00 bits per heavy atom. The van der Waals surface area contributed by atoms with Crippen LogP contribution in [0.3, 0.4) is 0 Å². The number of β-amino-alcohol motifs (C(OH)–C–C–N with tert-alkyl or cyclic N) is 1. The van der Waals surface area contributed by atoms with Crippen LogP contribution in [0.25, 0.3) is 5.65 Å². The van der Waals surface area contributed by atoms with Gasteiger partial charge in [-0.05, 0) is 29.7 Å². The number of nitrogens with one attached hydrogen (secondary N) is 1. The van der Waals surface area contributed by atoms with E-state index in [0.29, 0.717) is 30.2 Å². The molecule has 1 aliphatic heterocycles. The lowest BCUT2D eigenvalue weighted by Gasteiger charge is -2.30. The largest absolute Gasteiger partial charge is 0.390 e. The van der Waals surface area contributed by atoms with E-state index in [4.69, 9.17) is 0 Å². The van der Waals surface area contributed by atoms with Crippen molar-refractivity contribution in [2.24, 2.45) is 0 Å². The number of nitriles is 1. The summed E-state index contributed by atoms with van der Waals surface area (Å²) in [7, 11) is 0. The minimum absolute atomic E-state index is 0.358. The van der Waals surface area contributed by atoms with Gasteiger partial charge < -0.3 is 10.4 Å². The molecule has 132 valence electrons. The number of aliphatic hydroxyl groups is 1. The average molecular weight is 347 g/mol. The van der Waals surface area contributed by atoms with Crippen molar-refractivity contribution in [2.45, 2.75) is 19.1 Å². The summed E-state index contributed by atoms with van der Waals surface area (Å²) in [6.07, 6.45) is 2.30. The van der Waals surface area contributed by atoms with Gasteiger partial charge in [0.25, 0.3) is 0 Å². The van der Waals surface area contributed by atoms with Crippen LogP contribution in [0.4, 0.5) is 5.82 Å². The van der Waals surface area contributed by atoms with E-state index in [2.05, 4.69) is 45.5 Å². The number of hydrogen-bond donors (Lipinski definition) is 2. The number of hydrogen-bond acceptors (Lipinski definition) is 5. The summed E-state index contributed by atoms with van der Waals surface area (Å²) in [6.45, 7) is 2.77. The molecule has 0 bridgehead atoms. The Labute approximate surface area is 152 Å². The summed E-state index contributed by atoms with van der Waals surface area (Å²) < 4.78 is 1.75.